The van der Waals surface area contributed by atoms with E-state index in [0.717, 1.165) is 11.3 Å². The Hall–Kier alpha value is -3.09. The van der Waals surface area contributed by atoms with Crippen LogP contribution in [0, 0.1) is 10.1 Å². The highest BCUT2D eigenvalue weighted by Crippen LogP contribution is 2.31. The van der Waals surface area contributed by atoms with Crippen molar-refractivity contribution in [2.24, 2.45) is 0 Å². The summed E-state index contributed by atoms with van der Waals surface area (Å²) in [6.45, 7) is 0.541. The normalized spacial score (nSPS) is 15.9. The summed E-state index contributed by atoms with van der Waals surface area (Å²) in [6.07, 6.45) is 0.685. The van der Waals surface area contributed by atoms with Crippen molar-refractivity contribution in [3.05, 3.63) is 64.2 Å². The number of anilines is 1. The molecule has 0 unspecified atom stereocenters. The number of amides is 2. The SMILES string of the molecule is O=C(Nc1ccc([N+](=O)[O-])cc1)N[C@@H]1CCOc2ccccc21. The Kier molecular flexibility index (Phi) is 4.09. The van der Waals surface area contributed by atoms with E-state index in [4.69, 9.17) is 4.74 Å². The lowest BCUT2D eigenvalue weighted by atomic mass is 10.0. The van der Waals surface area contributed by atoms with Crippen molar-refractivity contribution >= 4 is 17.4 Å². The van der Waals surface area contributed by atoms with E-state index in [1.165, 1.54) is 24.3 Å². The number of rotatable bonds is 3. The van der Waals surface area contributed by atoms with Gasteiger partial charge in [-0.15, -0.1) is 0 Å². The monoisotopic (exact) mass is 313 g/mol. The maximum absolute atomic E-state index is 12.1. The molecule has 2 N–H and O–H groups in total. The van der Waals surface area contributed by atoms with Crippen LogP contribution < -0.4 is 15.4 Å². The van der Waals surface area contributed by atoms with Crippen LogP contribution in [0.25, 0.3) is 0 Å². The van der Waals surface area contributed by atoms with E-state index in [9.17, 15) is 14.9 Å². The molecule has 0 aliphatic carbocycles. The average molecular weight is 313 g/mol. The zero-order valence-corrected chi connectivity index (χ0v) is 12.2. The predicted octanol–water partition coefficient (Wildman–Crippen LogP) is 3.24. The largest absolute Gasteiger partial charge is 0.493 e. The minimum Gasteiger partial charge on any atom is -0.493 e. The van der Waals surface area contributed by atoms with Crippen molar-refractivity contribution in [3.8, 4) is 5.75 Å². The van der Waals surface area contributed by atoms with Crippen LogP contribution in [0.3, 0.4) is 0 Å². The summed E-state index contributed by atoms with van der Waals surface area (Å²) >= 11 is 0. The van der Waals surface area contributed by atoms with Crippen LogP contribution in [0.15, 0.2) is 48.5 Å². The molecule has 1 heterocycles. The Balaban J connectivity index is 1.65. The summed E-state index contributed by atoms with van der Waals surface area (Å²) in [7, 11) is 0. The van der Waals surface area contributed by atoms with Crippen molar-refractivity contribution in [2.45, 2.75) is 12.5 Å². The van der Waals surface area contributed by atoms with E-state index >= 15 is 0 Å². The van der Waals surface area contributed by atoms with E-state index in [0.29, 0.717) is 18.7 Å². The number of nitro benzene ring substituents is 1. The number of benzene rings is 2. The molecule has 2 aromatic carbocycles. The lowest BCUT2D eigenvalue weighted by Gasteiger charge is -2.26. The average Bonchev–Trinajstić information content (AvgIpc) is 2.55. The zero-order valence-electron chi connectivity index (χ0n) is 12.2. The van der Waals surface area contributed by atoms with Crippen molar-refractivity contribution < 1.29 is 14.5 Å². The first-order valence-corrected chi connectivity index (χ1v) is 7.17. The molecule has 2 amide bonds. The number of carbonyl (C=O) groups excluding carboxylic acids is 1. The molecular weight excluding hydrogens is 298 g/mol. The van der Waals surface area contributed by atoms with Gasteiger partial charge < -0.3 is 15.4 Å². The second-order valence-electron chi connectivity index (χ2n) is 5.13. The van der Waals surface area contributed by atoms with Gasteiger partial charge in [0.2, 0.25) is 0 Å². The highest BCUT2D eigenvalue weighted by atomic mass is 16.6. The van der Waals surface area contributed by atoms with E-state index in [2.05, 4.69) is 10.6 Å². The van der Waals surface area contributed by atoms with Crippen LogP contribution in [0.5, 0.6) is 5.75 Å². The zero-order chi connectivity index (χ0) is 16.2. The third-order valence-electron chi connectivity index (χ3n) is 3.60. The Bertz CT molecular complexity index is 730. The molecule has 0 bridgehead atoms. The van der Waals surface area contributed by atoms with Gasteiger partial charge in [-0.3, -0.25) is 10.1 Å². The predicted molar refractivity (Wildman–Crippen MR) is 84.5 cm³/mol. The quantitative estimate of drug-likeness (QED) is 0.672. The fourth-order valence-corrected chi connectivity index (χ4v) is 2.48. The minimum absolute atomic E-state index is 0.0192. The molecule has 3 rings (SSSR count). The fraction of sp³-hybridized carbons (Fsp3) is 0.188. The maximum Gasteiger partial charge on any atom is 0.319 e. The molecule has 1 aliphatic rings. The topological polar surface area (TPSA) is 93.5 Å². The molecule has 0 saturated carbocycles. The first-order chi connectivity index (χ1) is 11.1. The van der Waals surface area contributed by atoms with Gasteiger partial charge in [0.15, 0.2) is 0 Å². The van der Waals surface area contributed by atoms with Crippen LogP contribution in [-0.4, -0.2) is 17.6 Å². The Morgan fingerprint density at radius 3 is 2.65 bits per heavy atom. The molecule has 2 aromatic rings. The number of para-hydroxylation sites is 1. The lowest BCUT2D eigenvalue weighted by Crippen LogP contribution is -2.35. The Labute approximate surface area is 132 Å². The van der Waals surface area contributed by atoms with Crippen LogP contribution in [0.4, 0.5) is 16.2 Å². The third kappa shape index (κ3) is 3.39. The molecule has 1 aliphatic heterocycles. The van der Waals surface area contributed by atoms with Crippen molar-refractivity contribution in [1.82, 2.24) is 5.32 Å². The van der Waals surface area contributed by atoms with E-state index in [1.807, 2.05) is 24.3 Å². The second-order valence-corrected chi connectivity index (χ2v) is 5.13. The third-order valence-corrected chi connectivity index (χ3v) is 3.60. The molecule has 7 nitrogen and oxygen atoms in total. The van der Waals surface area contributed by atoms with E-state index in [1.54, 1.807) is 0 Å². The number of non-ortho nitro benzene ring substituents is 1. The number of urea groups is 1. The van der Waals surface area contributed by atoms with Crippen molar-refractivity contribution in [1.29, 1.82) is 0 Å². The summed E-state index contributed by atoms with van der Waals surface area (Å²) in [5.74, 6) is 0.777. The molecular formula is C16H15N3O4. The number of hydrogen-bond donors (Lipinski definition) is 2. The Morgan fingerprint density at radius 2 is 1.91 bits per heavy atom. The molecule has 118 valence electrons. The van der Waals surface area contributed by atoms with Gasteiger partial charge >= 0.3 is 6.03 Å². The first kappa shape index (κ1) is 14.8. The molecule has 1 atom stereocenters. The Morgan fingerprint density at radius 1 is 1.17 bits per heavy atom. The van der Waals surface area contributed by atoms with Gasteiger partial charge in [-0.05, 0) is 18.2 Å². The van der Waals surface area contributed by atoms with Crippen molar-refractivity contribution in [2.75, 3.05) is 11.9 Å². The summed E-state index contributed by atoms with van der Waals surface area (Å²) < 4.78 is 5.55. The van der Waals surface area contributed by atoms with Crippen LogP contribution in [-0.2, 0) is 0 Å². The number of nitro groups is 1. The molecule has 0 radical (unpaired) electrons. The van der Waals surface area contributed by atoms with Gasteiger partial charge in [0.1, 0.15) is 5.75 Å². The van der Waals surface area contributed by atoms with Gasteiger partial charge in [0.05, 0.1) is 17.6 Å². The van der Waals surface area contributed by atoms with Crippen LogP contribution >= 0.6 is 0 Å². The van der Waals surface area contributed by atoms with Gasteiger partial charge in [-0.2, -0.15) is 0 Å². The number of hydrogen-bond acceptors (Lipinski definition) is 4. The van der Waals surface area contributed by atoms with Crippen LogP contribution in [0.1, 0.15) is 18.0 Å². The van der Waals surface area contributed by atoms with Crippen molar-refractivity contribution in [3.63, 3.8) is 0 Å². The standard InChI is InChI=1S/C16H15N3O4/c20-16(17-11-5-7-12(8-6-11)19(21)22)18-14-9-10-23-15-4-2-1-3-13(14)15/h1-8,14H,9-10H2,(H2,17,18,20)/t14-/m1/s1. The van der Waals surface area contributed by atoms with E-state index in [-0.39, 0.29) is 17.8 Å². The molecule has 0 fully saturated rings. The smallest absolute Gasteiger partial charge is 0.319 e. The molecule has 7 heteroatoms. The number of nitrogens with one attached hydrogen (secondary N) is 2. The maximum atomic E-state index is 12.1. The lowest BCUT2D eigenvalue weighted by molar-refractivity contribution is -0.384. The number of ether oxygens (including phenoxy) is 1. The first-order valence-electron chi connectivity index (χ1n) is 7.17. The number of carbonyl (C=O) groups is 1. The van der Waals surface area contributed by atoms with Gasteiger partial charge in [0.25, 0.3) is 5.69 Å². The number of fused-ring (bicyclic) bond motifs is 1. The molecule has 23 heavy (non-hydrogen) atoms. The fourth-order valence-electron chi connectivity index (χ4n) is 2.48. The highest BCUT2D eigenvalue weighted by molar-refractivity contribution is 5.89. The second kappa shape index (κ2) is 6.35. The highest BCUT2D eigenvalue weighted by Gasteiger charge is 2.22. The summed E-state index contributed by atoms with van der Waals surface area (Å²) in [5, 5.41) is 16.2. The summed E-state index contributed by atoms with van der Waals surface area (Å²) in [5.41, 5.74) is 1.42. The van der Waals surface area contributed by atoms with Crippen LogP contribution in [0.2, 0.25) is 0 Å². The minimum atomic E-state index is -0.483. The van der Waals surface area contributed by atoms with E-state index < -0.39 is 4.92 Å². The molecule has 0 saturated heterocycles. The van der Waals surface area contributed by atoms with Gasteiger partial charge in [0, 0.05) is 29.8 Å². The van der Waals surface area contributed by atoms with Gasteiger partial charge in [-0.1, -0.05) is 18.2 Å². The summed E-state index contributed by atoms with van der Waals surface area (Å²) in [6, 6.07) is 12.8. The molecule has 0 spiro atoms. The number of nitrogens with zero attached hydrogens (tertiary/aromatic N) is 1. The van der Waals surface area contributed by atoms with Gasteiger partial charge in [-0.25, -0.2) is 4.79 Å². The summed E-state index contributed by atoms with van der Waals surface area (Å²) in [4.78, 5) is 22.2. The molecule has 0 aromatic heterocycles.